The van der Waals surface area contributed by atoms with Gasteiger partial charge in [0.05, 0.1) is 0 Å². The summed E-state index contributed by atoms with van der Waals surface area (Å²) in [7, 11) is 0. The lowest BCUT2D eigenvalue weighted by Gasteiger charge is -2.24. The maximum absolute atomic E-state index is 14.0. The number of aromatic nitrogens is 3. The van der Waals surface area contributed by atoms with Crippen LogP contribution < -0.4 is 5.32 Å². The Bertz CT molecular complexity index is 865. The highest BCUT2D eigenvalue weighted by Crippen LogP contribution is 2.34. The maximum Gasteiger partial charge on any atom is 0.435 e. The molecular weight excluding hydrogens is 366 g/mol. The first kappa shape index (κ1) is 17.9. The molecule has 144 valence electrons. The molecule has 2 aromatic rings. The molecule has 27 heavy (non-hydrogen) atoms. The Hall–Kier alpha value is -2.49. The number of fused-ring (bicyclic) bond motifs is 2. The Morgan fingerprint density at radius 2 is 1.89 bits per heavy atom. The molecule has 2 atom stereocenters. The van der Waals surface area contributed by atoms with Crippen molar-refractivity contribution in [1.29, 1.82) is 0 Å². The molecule has 0 aliphatic carbocycles. The largest absolute Gasteiger partial charge is 0.435 e. The normalized spacial score (nSPS) is 22.7. The van der Waals surface area contributed by atoms with E-state index in [1.165, 1.54) is 17.0 Å². The molecule has 10 heteroatoms. The van der Waals surface area contributed by atoms with E-state index < -0.39 is 35.0 Å². The molecule has 2 aliphatic rings. The Balaban J connectivity index is 1.73. The van der Waals surface area contributed by atoms with E-state index in [4.69, 9.17) is 0 Å². The number of rotatable bonds is 2. The number of likely N-dealkylation sites (tertiary alicyclic amines) is 1. The van der Waals surface area contributed by atoms with E-state index in [-0.39, 0.29) is 12.1 Å². The van der Waals surface area contributed by atoms with Crippen LogP contribution in [0.25, 0.3) is 5.69 Å². The van der Waals surface area contributed by atoms with Gasteiger partial charge in [-0.3, -0.25) is 4.79 Å². The summed E-state index contributed by atoms with van der Waals surface area (Å²) in [5.74, 6) is -1.72. The molecule has 2 fully saturated rings. The molecule has 1 aromatic heterocycles. The molecule has 0 saturated carbocycles. The molecule has 1 aromatic carbocycles. The van der Waals surface area contributed by atoms with Gasteiger partial charge in [-0.15, -0.1) is 5.10 Å². The zero-order valence-corrected chi connectivity index (χ0v) is 14.2. The van der Waals surface area contributed by atoms with Crippen LogP contribution >= 0.6 is 0 Å². The summed E-state index contributed by atoms with van der Waals surface area (Å²) in [6.45, 7) is 0.663. The number of carbonyl (C=O) groups is 1. The third-order valence-corrected chi connectivity index (χ3v) is 5.03. The van der Waals surface area contributed by atoms with Gasteiger partial charge in [0.2, 0.25) is 0 Å². The van der Waals surface area contributed by atoms with E-state index in [1.807, 2.05) is 0 Å². The van der Waals surface area contributed by atoms with Gasteiger partial charge < -0.3 is 10.2 Å². The number of nitrogens with one attached hydrogen (secondary N) is 1. The fourth-order valence-corrected chi connectivity index (χ4v) is 3.75. The minimum absolute atomic E-state index is 0.0670. The molecular formula is C17H17F4N5O. The second-order valence-electron chi connectivity index (χ2n) is 6.83. The van der Waals surface area contributed by atoms with Crippen molar-refractivity contribution in [2.75, 3.05) is 13.1 Å². The zero-order chi connectivity index (χ0) is 19.2. The van der Waals surface area contributed by atoms with Crippen LogP contribution in [0, 0.1) is 5.82 Å². The smallest absolute Gasteiger partial charge is 0.336 e. The number of carbonyl (C=O) groups excluding carboxylic acids is 1. The van der Waals surface area contributed by atoms with Gasteiger partial charge >= 0.3 is 6.18 Å². The van der Waals surface area contributed by atoms with Crippen molar-refractivity contribution < 1.29 is 22.4 Å². The molecule has 2 bridgehead atoms. The fourth-order valence-electron chi connectivity index (χ4n) is 3.75. The van der Waals surface area contributed by atoms with Crippen molar-refractivity contribution in [1.82, 2.24) is 25.2 Å². The molecule has 0 radical (unpaired) electrons. The van der Waals surface area contributed by atoms with Crippen molar-refractivity contribution in [2.24, 2.45) is 0 Å². The molecule has 2 aliphatic heterocycles. The van der Waals surface area contributed by atoms with Crippen molar-refractivity contribution in [3.63, 3.8) is 0 Å². The third kappa shape index (κ3) is 3.29. The van der Waals surface area contributed by atoms with Crippen molar-refractivity contribution >= 4 is 5.91 Å². The predicted octanol–water partition coefficient (Wildman–Crippen LogP) is 2.39. The summed E-state index contributed by atoms with van der Waals surface area (Å²) in [6, 6.07) is 5.27. The summed E-state index contributed by atoms with van der Waals surface area (Å²) in [6.07, 6.45) is -2.36. The van der Waals surface area contributed by atoms with Crippen LogP contribution in [0.2, 0.25) is 0 Å². The van der Waals surface area contributed by atoms with E-state index in [9.17, 15) is 22.4 Å². The first-order valence-electron chi connectivity index (χ1n) is 8.67. The van der Waals surface area contributed by atoms with Crippen LogP contribution in [-0.2, 0) is 6.18 Å². The van der Waals surface area contributed by atoms with Crippen LogP contribution in [0.15, 0.2) is 24.3 Å². The summed E-state index contributed by atoms with van der Waals surface area (Å²) >= 11 is 0. The SMILES string of the molecule is O=C(c1nnn(-c2ccccc2F)c1C(F)(F)F)N1CCC2CCC(C1)N2. The maximum atomic E-state index is 14.0. The summed E-state index contributed by atoms with van der Waals surface area (Å²) < 4.78 is 55.5. The van der Waals surface area contributed by atoms with Gasteiger partial charge in [0.1, 0.15) is 11.5 Å². The Morgan fingerprint density at radius 1 is 1.15 bits per heavy atom. The second-order valence-corrected chi connectivity index (χ2v) is 6.83. The number of hydrogen-bond donors (Lipinski definition) is 1. The van der Waals surface area contributed by atoms with Crippen molar-refractivity contribution in [3.8, 4) is 5.69 Å². The average molecular weight is 383 g/mol. The summed E-state index contributed by atoms with van der Waals surface area (Å²) in [5, 5.41) is 10.3. The van der Waals surface area contributed by atoms with Gasteiger partial charge in [-0.25, -0.2) is 9.07 Å². The van der Waals surface area contributed by atoms with Gasteiger partial charge in [-0.05, 0) is 31.4 Å². The molecule has 4 rings (SSSR count). The van der Waals surface area contributed by atoms with E-state index in [0.717, 1.165) is 25.0 Å². The summed E-state index contributed by atoms with van der Waals surface area (Å²) in [4.78, 5) is 14.2. The predicted molar refractivity (Wildman–Crippen MR) is 86.8 cm³/mol. The third-order valence-electron chi connectivity index (χ3n) is 5.03. The van der Waals surface area contributed by atoms with Crippen molar-refractivity contribution in [3.05, 3.63) is 41.5 Å². The van der Waals surface area contributed by atoms with E-state index in [0.29, 0.717) is 24.2 Å². The second kappa shape index (κ2) is 6.59. The van der Waals surface area contributed by atoms with Crippen LogP contribution in [0.3, 0.4) is 0 Å². The Labute approximate surface area is 152 Å². The minimum atomic E-state index is -4.92. The van der Waals surface area contributed by atoms with Crippen LogP contribution in [0.4, 0.5) is 17.6 Å². The lowest BCUT2D eigenvalue weighted by atomic mass is 10.1. The zero-order valence-electron chi connectivity index (χ0n) is 14.2. The van der Waals surface area contributed by atoms with Gasteiger partial charge in [-0.1, -0.05) is 17.3 Å². The van der Waals surface area contributed by atoms with Crippen molar-refractivity contribution in [2.45, 2.75) is 37.5 Å². The van der Waals surface area contributed by atoms with Gasteiger partial charge in [-0.2, -0.15) is 13.2 Å². The number of alkyl halides is 3. The fraction of sp³-hybridized carbons (Fsp3) is 0.471. The van der Waals surface area contributed by atoms with Crippen LogP contribution in [-0.4, -0.2) is 51.0 Å². The number of para-hydroxylation sites is 1. The van der Waals surface area contributed by atoms with Gasteiger partial charge in [0.15, 0.2) is 11.4 Å². The Morgan fingerprint density at radius 3 is 2.63 bits per heavy atom. The highest BCUT2D eigenvalue weighted by molar-refractivity contribution is 5.93. The number of hydrogen-bond acceptors (Lipinski definition) is 4. The number of nitrogens with zero attached hydrogens (tertiary/aromatic N) is 4. The van der Waals surface area contributed by atoms with E-state index in [2.05, 4.69) is 15.6 Å². The van der Waals surface area contributed by atoms with Crippen LogP contribution in [0.5, 0.6) is 0 Å². The topological polar surface area (TPSA) is 63.1 Å². The molecule has 1 amide bonds. The molecule has 3 heterocycles. The number of amides is 1. The number of halogens is 4. The molecule has 1 N–H and O–H groups in total. The lowest BCUT2D eigenvalue weighted by Crippen LogP contribution is -2.40. The van der Waals surface area contributed by atoms with E-state index in [1.54, 1.807) is 0 Å². The molecule has 6 nitrogen and oxygen atoms in total. The standard InChI is InChI=1S/C17H17F4N5O/c18-12-3-1-2-4-13(12)26-15(17(19,20)21)14(23-24-26)16(27)25-8-7-10-5-6-11(9-25)22-10/h1-4,10-11,22H,5-9H2. The van der Waals surface area contributed by atoms with Gasteiger partial charge in [0.25, 0.3) is 5.91 Å². The first-order valence-corrected chi connectivity index (χ1v) is 8.67. The minimum Gasteiger partial charge on any atom is -0.336 e. The number of benzene rings is 1. The monoisotopic (exact) mass is 383 g/mol. The molecule has 0 spiro atoms. The Kier molecular flexibility index (Phi) is 4.37. The highest BCUT2D eigenvalue weighted by Gasteiger charge is 2.44. The molecule has 2 saturated heterocycles. The van der Waals surface area contributed by atoms with Crippen LogP contribution in [0.1, 0.15) is 35.4 Å². The lowest BCUT2D eigenvalue weighted by molar-refractivity contribution is -0.143. The first-order chi connectivity index (χ1) is 12.8. The quantitative estimate of drug-likeness (QED) is 0.809. The van der Waals surface area contributed by atoms with Gasteiger partial charge in [0, 0.05) is 25.2 Å². The summed E-state index contributed by atoms with van der Waals surface area (Å²) in [5.41, 5.74) is -2.57. The average Bonchev–Trinajstić information content (AvgIpc) is 3.18. The molecule has 2 unspecified atom stereocenters. The highest BCUT2D eigenvalue weighted by atomic mass is 19.4. The van der Waals surface area contributed by atoms with E-state index >= 15 is 0 Å².